The van der Waals surface area contributed by atoms with Crippen LogP contribution in [0.4, 0.5) is 0 Å². The summed E-state index contributed by atoms with van der Waals surface area (Å²) in [5.41, 5.74) is 5.48. The van der Waals surface area contributed by atoms with E-state index in [1.807, 2.05) is 0 Å². The number of nitrogens with one attached hydrogen (secondary N) is 1. The van der Waals surface area contributed by atoms with Crippen molar-refractivity contribution in [1.29, 1.82) is 0 Å². The number of carbonyl (C=O) groups is 1. The Morgan fingerprint density at radius 2 is 1.86 bits per heavy atom. The number of carbonyl (C=O) groups excluding carboxylic acids is 1. The predicted octanol–water partition coefficient (Wildman–Crippen LogP) is 1.38. The van der Waals surface area contributed by atoms with Crippen molar-refractivity contribution in [3.63, 3.8) is 0 Å². The maximum absolute atomic E-state index is 11.7. The molecule has 0 aliphatic heterocycles. The van der Waals surface area contributed by atoms with E-state index in [0.717, 1.165) is 13.0 Å². The summed E-state index contributed by atoms with van der Waals surface area (Å²) in [5, 5.41) is 2.95. The SMILES string of the molecule is CC(C)CNC(=O)C(CCN)C(C)C. The Kier molecular flexibility index (Phi) is 6.54. The Hall–Kier alpha value is -0.570. The molecule has 0 heterocycles. The lowest BCUT2D eigenvalue weighted by atomic mass is 9.91. The van der Waals surface area contributed by atoms with E-state index in [-0.39, 0.29) is 11.8 Å². The van der Waals surface area contributed by atoms with Crippen LogP contribution in [0.3, 0.4) is 0 Å². The van der Waals surface area contributed by atoms with Crippen LogP contribution in [0.15, 0.2) is 0 Å². The summed E-state index contributed by atoms with van der Waals surface area (Å²) in [5.74, 6) is 1.09. The van der Waals surface area contributed by atoms with Gasteiger partial charge in [0.2, 0.25) is 5.91 Å². The minimum atomic E-state index is 0.0683. The Morgan fingerprint density at radius 1 is 1.29 bits per heavy atom. The first-order valence-corrected chi connectivity index (χ1v) is 5.46. The highest BCUT2D eigenvalue weighted by Crippen LogP contribution is 2.14. The van der Waals surface area contributed by atoms with Gasteiger partial charge in [-0.25, -0.2) is 0 Å². The van der Waals surface area contributed by atoms with Gasteiger partial charge in [0.15, 0.2) is 0 Å². The van der Waals surface area contributed by atoms with Crippen LogP contribution in [0.2, 0.25) is 0 Å². The number of nitrogens with two attached hydrogens (primary N) is 1. The molecule has 1 atom stereocenters. The van der Waals surface area contributed by atoms with E-state index >= 15 is 0 Å². The van der Waals surface area contributed by atoms with E-state index in [9.17, 15) is 4.79 Å². The van der Waals surface area contributed by atoms with E-state index in [4.69, 9.17) is 5.73 Å². The second-order valence-corrected chi connectivity index (χ2v) is 4.57. The average Bonchev–Trinajstić information content (AvgIpc) is 2.09. The number of amides is 1. The molecule has 84 valence electrons. The van der Waals surface area contributed by atoms with Crippen molar-refractivity contribution < 1.29 is 4.79 Å². The van der Waals surface area contributed by atoms with Gasteiger partial charge < -0.3 is 11.1 Å². The fourth-order valence-electron chi connectivity index (χ4n) is 1.38. The van der Waals surface area contributed by atoms with Crippen LogP contribution in [0.5, 0.6) is 0 Å². The normalized spacial score (nSPS) is 13.4. The zero-order valence-electron chi connectivity index (χ0n) is 9.84. The summed E-state index contributed by atoms with van der Waals surface area (Å²) >= 11 is 0. The van der Waals surface area contributed by atoms with Gasteiger partial charge in [0.05, 0.1) is 0 Å². The Morgan fingerprint density at radius 3 is 2.21 bits per heavy atom. The lowest BCUT2D eigenvalue weighted by molar-refractivity contribution is -0.126. The lowest BCUT2D eigenvalue weighted by Gasteiger charge is -2.20. The van der Waals surface area contributed by atoms with Crippen molar-refractivity contribution in [2.24, 2.45) is 23.5 Å². The van der Waals surface area contributed by atoms with E-state index in [0.29, 0.717) is 18.4 Å². The van der Waals surface area contributed by atoms with E-state index in [2.05, 4.69) is 33.0 Å². The zero-order chi connectivity index (χ0) is 11.1. The summed E-state index contributed by atoms with van der Waals surface area (Å²) in [7, 11) is 0. The Bertz CT molecular complexity index is 167. The first-order chi connectivity index (χ1) is 6.49. The van der Waals surface area contributed by atoms with Crippen molar-refractivity contribution in [2.45, 2.75) is 34.1 Å². The molecule has 0 radical (unpaired) electrons. The van der Waals surface area contributed by atoms with Gasteiger partial charge in [-0.1, -0.05) is 27.7 Å². The molecule has 0 spiro atoms. The van der Waals surface area contributed by atoms with Crippen molar-refractivity contribution in [2.75, 3.05) is 13.1 Å². The quantitative estimate of drug-likeness (QED) is 0.680. The van der Waals surface area contributed by atoms with Gasteiger partial charge in [-0.05, 0) is 24.8 Å². The topological polar surface area (TPSA) is 55.1 Å². The highest BCUT2D eigenvalue weighted by Gasteiger charge is 2.20. The number of hydrogen-bond acceptors (Lipinski definition) is 2. The molecule has 1 amide bonds. The van der Waals surface area contributed by atoms with Crippen LogP contribution >= 0.6 is 0 Å². The molecular formula is C11H24N2O. The summed E-state index contributed by atoms with van der Waals surface area (Å²) in [6, 6.07) is 0. The van der Waals surface area contributed by atoms with E-state index < -0.39 is 0 Å². The van der Waals surface area contributed by atoms with Gasteiger partial charge in [0.25, 0.3) is 0 Å². The molecular weight excluding hydrogens is 176 g/mol. The highest BCUT2D eigenvalue weighted by molar-refractivity contribution is 5.78. The van der Waals surface area contributed by atoms with Gasteiger partial charge in [0.1, 0.15) is 0 Å². The Balaban J connectivity index is 4.02. The summed E-state index contributed by atoms with van der Waals surface area (Å²) in [6.45, 7) is 9.65. The number of rotatable bonds is 6. The van der Waals surface area contributed by atoms with Gasteiger partial charge >= 0.3 is 0 Å². The fraction of sp³-hybridized carbons (Fsp3) is 0.909. The third-order valence-electron chi connectivity index (χ3n) is 2.30. The predicted molar refractivity (Wildman–Crippen MR) is 59.8 cm³/mol. The highest BCUT2D eigenvalue weighted by atomic mass is 16.1. The second-order valence-electron chi connectivity index (χ2n) is 4.57. The van der Waals surface area contributed by atoms with Gasteiger partial charge in [-0.3, -0.25) is 4.79 Å². The molecule has 3 N–H and O–H groups in total. The van der Waals surface area contributed by atoms with Crippen LogP contribution in [-0.2, 0) is 4.79 Å². The molecule has 3 nitrogen and oxygen atoms in total. The second kappa shape index (κ2) is 6.82. The van der Waals surface area contributed by atoms with Crippen LogP contribution < -0.4 is 11.1 Å². The lowest BCUT2D eigenvalue weighted by Crippen LogP contribution is -2.36. The molecule has 3 heteroatoms. The largest absolute Gasteiger partial charge is 0.356 e. The number of hydrogen-bond donors (Lipinski definition) is 2. The Labute approximate surface area is 87.4 Å². The van der Waals surface area contributed by atoms with E-state index in [1.54, 1.807) is 0 Å². The van der Waals surface area contributed by atoms with Crippen LogP contribution in [-0.4, -0.2) is 19.0 Å². The van der Waals surface area contributed by atoms with Crippen molar-refractivity contribution in [3.8, 4) is 0 Å². The van der Waals surface area contributed by atoms with Crippen LogP contribution in [0, 0.1) is 17.8 Å². The molecule has 0 aliphatic rings. The zero-order valence-corrected chi connectivity index (χ0v) is 9.84. The standard InChI is InChI=1S/C11H24N2O/c1-8(2)7-13-11(14)10(5-6-12)9(3)4/h8-10H,5-7,12H2,1-4H3,(H,13,14). The maximum atomic E-state index is 11.7. The van der Waals surface area contributed by atoms with Crippen LogP contribution in [0.1, 0.15) is 34.1 Å². The van der Waals surface area contributed by atoms with Crippen LogP contribution in [0.25, 0.3) is 0 Å². The maximum Gasteiger partial charge on any atom is 0.223 e. The third-order valence-corrected chi connectivity index (χ3v) is 2.30. The van der Waals surface area contributed by atoms with Gasteiger partial charge in [0, 0.05) is 12.5 Å². The monoisotopic (exact) mass is 200 g/mol. The molecule has 0 aromatic rings. The molecule has 0 rings (SSSR count). The first kappa shape index (κ1) is 13.4. The molecule has 0 aliphatic carbocycles. The van der Waals surface area contributed by atoms with Crippen molar-refractivity contribution >= 4 is 5.91 Å². The van der Waals surface area contributed by atoms with Crippen molar-refractivity contribution in [3.05, 3.63) is 0 Å². The smallest absolute Gasteiger partial charge is 0.223 e. The molecule has 0 saturated heterocycles. The molecule has 14 heavy (non-hydrogen) atoms. The van der Waals surface area contributed by atoms with Gasteiger partial charge in [-0.15, -0.1) is 0 Å². The minimum absolute atomic E-state index is 0.0683. The molecule has 1 unspecified atom stereocenters. The summed E-state index contributed by atoms with van der Waals surface area (Å²) < 4.78 is 0. The van der Waals surface area contributed by atoms with Gasteiger partial charge in [-0.2, -0.15) is 0 Å². The average molecular weight is 200 g/mol. The molecule has 0 bridgehead atoms. The molecule has 0 fully saturated rings. The van der Waals surface area contributed by atoms with E-state index in [1.165, 1.54) is 0 Å². The summed E-state index contributed by atoms with van der Waals surface area (Å²) in [4.78, 5) is 11.7. The first-order valence-electron chi connectivity index (χ1n) is 5.46. The minimum Gasteiger partial charge on any atom is -0.356 e. The molecule has 0 aromatic heterocycles. The third kappa shape index (κ3) is 5.22. The fourth-order valence-corrected chi connectivity index (χ4v) is 1.38. The summed E-state index contributed by atoms with van der Waals surface area (Å²) in [6.07, 6.45) is 0.779. The molecule has 0 saturated carbocycles. The molecule has 0 aromatic carbocycles. The van der Waals surface area contributed by atoms with Crippen molar-refractivity contribution in [1.82, 2.24) is 5.32 Å².